The molecular formula is C17H21N5O. The molecule has 3 aromatic rings. The highest BCUT2D eigenvalue weighted by atomic mass is 16.2. The zero-order valence-corrected chi connectivity index (χ0v) is 13.9. The molecule has 0 radical (unpaired) electrons. The third-order valence-corrected chi connectivity index (χ3v) is 3.79. The monoisotopic (exact) mass is 311 g/mol. The number of amides is 1. The zero-order chi connectivity index (χ0) is 16.6. The van der Waals surface area contributed by atoms with Gasteiger partial charge in [-0.05, 0) is 18.2 Å². The third kappa shape index (κ3) is 3.11. The van der Waals surface area contributed by atoms with E-state index in [1.165, 1.54) is 0 Å². The van der Waals surface area contributed by atoms with Crippen molar-refractivity contribution in [1.82, 2.24) is 24.5 Å². The molecule has 0 aliphatic carbocycles. The Balaban J connectivity index is 1.75. The maximum atomic E-state index is 12.6. The molecule has 0 aromatic carbocycles. The summed E-state index contributed by atoms with van der Waals surface area (Å²) in [4.78, 5) is 18.4. The van der Waals surface area contributed by atoms with Crippen molar-refractivity contribution in [2.75, 3.05) is 7.05 Å². The predicted octanol–water partition coefficient (Wildman–Crippen LogP) is 2.63. The van der Waals surface area contributed by atoms with Gasteiger partial charge >= 0.3 is 0 Å². The SMILES string of the molecule is CN(Cc1cc(C(C)(C)C)n[nH]1)C(=O)c1ccc2nccn2c1. The average Bonchev–Trinajstić information content (AvgIpc) is 3.13. The van der Waals surface area contributed by atoms with Gasteiger partial charge in [0.15, 0.2) is 0 Å². The number of hydrogen-bond donors (Lipinski definition) is 1. The summed E-state index contributed by atoms with van der Waals surface area (Å²) in [5, 5.41) is 7.35. The predicted molar refractivity (Wildman–Crippen MR) is 88.3 cm³/mol. The van der Waals surface area contributed by atoms with Crippen LogP contribution >= 0.6 is 0 Å². The van der Waals surface area contributed by atoms with Gasteiger partial charge in [-0.15, -0.1) is 0 Å². The van der Waals surface area contributed by atoms with Gasteiger partial charge in [0.25, 0.3) is 5.91 Å². The number of fused-ring (bicyclic) bond motifs is 1. The summed E-state index contributed by atoms with van der Waals surface area (Å²) >= 11 is 0. The Morgan fingerprint density at radius 3 is 2.83 bits per heavy atom. The van der Waals surface area contributed by atoms with Crippen LogP contribution in [0.5, 0.6) is 0 Å². The molecule has 0 aliphatic rings. The minimum atomic E-state index is -0.0347. The van der Waals surface area contributed by atoms with E-state index in [0.717, 1.165) is 17.0 Å². The van der Waals surface area contributed by atoms with Crippen molar-refractivity contribution in [3.05, 3.63) is 53.7 Å². The summed E-state index contributed by atoms with van der Waals surface area (Å²) in [5.74, 6) is -0.0347. The quantitative estimate of drug-likeness (QED) is 0.808. The fourth-order valence-electron chi connectivity index (χ4n) is 2.42. The number of aromatic nitrogens is 4. The minimum Gasteiger partial charge on any atom is -0.336 e. The summed E-state index contributed by atoms with van der Waals surface area (Å²) < 4.78 is 1.84. The lowest BCUT2D eigenvalue weighted by Crippen LogP contribution is -2.26. The third-order valence-electron chi connectivity index (χ3n) is 3.79. The van der Waals surface area contributed by atoms with Crippen LogP contribution in [-0.4, -0.2) is 37.4 Å². The summed E-state index contributed by atoms with van der Waals surface area (Å²) in [6.07, 6.45) is 5.34. The molecule has 0 saturated heterocycles. The van der Waals surface area contributed by atoms with Gasteiger partial charge in [-0.2, -0.15) is 5.10 Å². The molecule has 0 aliphatic heterocycles. The van der Waals surface area contributed by atoms with Gasteiger partial charge in [0.1, 0.15) is 5.65 Å². The average molecular weight is 311 g/mol. The molecule has 0 fully saturated rings. The Morgan fingerprint density at radius 1 is 1.35 bits per heavy atom. The molecule has 0 spiro atoms. The summed E-state index contributed by atoms with van der Waals surface area (Å²) in [6, 6.07) is 5.66. The summed E-state index contributed by atoms with van der Waals surface area (Å²) in [7, 11) is 1.79. The molecule has 3 aromatic heterocycles. The van der Waals surface area contributed by atoms with E-state index in [1.54, 1.807) is 30.4 Å². The number of pyridine rings is 1. The Hall–Kier alpha value is -2.63. The van der Waals surface area contributed by atoms with Crippen LogP contribution in [0.2, 0.25) is 0 Å². The van der Waals surface area contributed by atoms with E-state index < -0.39 is 0 Å². The second kappa shape index (κ2) is 5.53. The first-order chi connectivity index (χ1) is 10.8. The molecule has 0 unspecified atom stereocenters. The van der Waals surface area contributed by atoms with Crippen molar-refractivity contribution in [1.29, 1.82) is 0 Å². The number of carbonyl (C=O) groups is 1. The highest BCUT2D eigenvalue weighted by Gasteiger charge is 2.19. The van der Waals surface area contributed by atoms with Crippen molar-refractivity contribution in [3.63, 3.8) is 0 Å². The number of aromatic amines is 1. The normalized spacial score (nSPS) is 11.8. The molecule has 120 valence electrons. The van der Waals surface area contributed by atoms with Crippen LogP contribution < -0.4 is 0 Å². The van der Waals surface area contributed by atoms with Crippen LogP contribution in [0.25, 0.3) is 5.65 Å². The first kappa shape index (κ1) is 15.3. The van der Waals surface area contributed by atoms with E-state index in [1.807, 2.05) is 22.7 Å². The van der Waals surface area contributed by atoms with Gasteiger partial charge < -0.3 is 9.30 Å². The number of nitrogens with one attached hydrogen (secondary N) is 1. The number of imidazole rings is 1. The van der Waals surface area contributed by atoms with E-state index in [4.69, 9.17) is 0 Å². The topological polar surface area (TPSA) is 66.3 Å². The van der Waals surface area contributed by atoms with Gasteiger partial charge in [0.2, 0.25) is 0 Å². The van der Waals surface area contributed by atoms with Crippen molar-refractivity contribution in [3.8, 4) is 0 Å². The van der Waals surface area contributed by atoms with Crippen LogP contribution in [0.15, 0.2) is 36.8 Å². The maximum Gasteiger partial charge on any atom is 0.255 e. The van der Waals surface area contributed by atoms with Crippen molar-refractivity contribution >= 4 is 11.6 Å². The standard InChI is InChI=1S/C17H21N5O/c1-17(2,3)14-9-13(19-20-14)11-21(4)16(23)12-5-6-15-18-7-8-22(15)10-12/h5-10H,11H2,1-4H3,(H,19,20). The molecular weight excluding hydrogens is 290 g/mol. The van der Waals surface area contributed by atoms with E-state index in [-0.39, 0.29) is 11.3 Å². The Morgan fingerprint density at radius 2 is 2.13 bits per heavy atom. The zero-order valence-electron chi connectivity index (χ0n) is 13.9. The molecule has 6 nitrogen and oxygen atoms in total. The summed E-state index contributed by atoms with van der Waals surface area (Å²) in [6.45, 7) is 6.83. The molecule has 1 N–H and O–H groups in total. The molecule has 23 heavy (non-hydrogen) atoms. The van der Waals surface area contributed by atoms with Crippen LogP contribution in [-0.2, 0) is 12.0 Å². The highest BCUT2D eigenvalue weighted by Crippen LogP contribution is 2.20. The van der Waals surface area contributed by atoms with Crippen LogP contribution in [0.3, 0.4) is 0 Å². The molecule has 6 heteroatoms. The van der Waals surface area contributed by atoms with Crippen molar-refractivity contribution in [2.24, 2.45) is 0 Å². The molecule has 3 rings (SSSR count). The van der Waals surface area contributed by atoms with Gasteiger partial charge in [-0.1, -0.05) is 20.8 Å². The highest BCUT2D eigenvalue weighted by molar-refractivity contribution is 5.94. The van der Waals surface area contributed by atoms with E-state index in [0.29, 0.717) is 12.1 Å². The second-order valence-electron chi connectivity index (χ2n) is 6.80. The largest absolute Gasteiger partial charge is 0.336 e. The number of carbonyl (C=O) groups excluding carboxylic acids is 1. The van der Waals surface area contributed by atoms with Crippen LogP contribution in [0, 0.1) is 0 Å². The number of nitrogens with zero attached hydrogens (tertiary/aromatic N) is 4. The number of rotatable bonds is 3. The first-order valence-corrected chi connectivity index (χ1v) is 7.57. The first-order valence-electron chi connectivity index (χ1n) is 7.57. The van der Waals surface area contributed by atoms with Gasteiger partial charge in [-0.25, -0.2) is 4.98 Å². The lowest BCUT2D eigenvalue weighted by Gasteiger charge is -2.16. The maximum absolute atomic E-state index is 12.6. The van der Waals surface area contributed by atoms with Gasteiger partial charge in [-0.3, -0.25) is 9.89 Å². The fourth-order valence-corrected chi connectivity index (χ4v) is 2.42. The molecule has 0 bridgehead atoms. The van der Waals surface area contributed by atoms with E-state index in [9.17, 15) is 4.79 Å². The fraction of sp³-hybridized carbons (Fsp3) is 0.353. The number of hydrogen-bond acceptors (Lipinski definition) is 3. The van der Waals surface area contributed by atoms with Crippen molar-refractivity contribution < 1.29 is 4.79 Å². The smallest absolute Gasteiger partial charge is 0.255 e. The van der Waals surface area contributed by atoms with Crippen molar-refractivity contribution in [2.45, 2.75) is 32.7 Å². The molecule has 0 atom stereocenters. The number of H-pyrrole nitrogens is 1. The summed E-state index contributed by atoms with van der Waals surface area (Å²) in [5.41, 5.74) is 3.37. The Labute approximate surface area is 135 Å². The van der Waals surface area contributed by atoms with Gasteiger partial charge in [0.05, 0.1) is 23.5 Å². The van der Waals surface area contributed by atoms with Gasteiger partial charge in [0, 0.05) is 31.1 Å². The molecule has 3 heterocycles. The minimum absolute atomic E-state index is 0.0101. The lowest BCUT2D eigenvalue weighted by molar-refractivity contribution is 0.0783. The second-order valence-corrected chi connectivity index (χ2v) is 6.80. The molecule has 0 saturated carbocycles. The Bertz CT molecular complexity index is 840. The van der Waals surface area contributed by atoms with Crippen LogP contribution in [0.1, 0.15) is 42.5 Å². The molecule has 1 amide bonds. The van der Waals surface area contributed by atoms with Crippen LogP contribution in [0.4, 0.5) is 0 Å². The Kier molecular flexibility index (Phi) is 3.67. The van der Waals surface area contributed by atoms with E-state index >= 15 is 0 Å². The van der Waals surface area contributed by atoms with E-state index in [2.05, 4.69) is 36.0 Å². The lowest BCUT2D eigenvalue weighted by atomic mass is 9.92.